The molecule has 3 N–H and O–H groups in total. The van der Waals surface area contributed by atoms with Crippen molar-refractivity contribution in [2.45, 2.75) is 309 Å². The molecular formula is C59H118N2O6P+. The highest BCUT2D eigenvalue weighted by molar-refractivity contribution is 7.47. The van der Waals surface area contributed by atoms with Crippen LogP contribution in [0.5, 0.6) is 0 Å². The number of amides is 1. The first-order valence-electron chi connectivity index (χ1n) is 29.7. The fraction of sp³-hybridized carbons (Fsp3) is 0.915. The number of nitrogens with zero attached hydrogens (tertiary/aromatic N) is 1. The number of carbonyl (C=O) groups excluding carboxylic acids is 1. The van der Waals surface area contributed by atoms with Gasteiger partial charge in [0.15, 0.2) is 0 Å². The molecule has 0 saturated heterocycles. The van der Waals surface area contributed by atoms with Crippen LogP contribution in [0.15, 0.2) is 24.3 Å². The van der Waals surface area contributed by atoms with Crippen LogP contribution >= 0.6 is 7.82 Å². The molecule has 0 rings (SSSR count). The summed E-state index contributed by atoms with van der Waals surface area (Å²) < 4.78 is 23.7. The van der Waals surface area contributed by atoms with Crippen LogP contribution in [0.25, 0.3) is 0 Å². The van der Waals surface area contributed by atoms with Gasteiger partial charge >= 0.3 is 7.82 Å². The zero-order valence-corrected chi connectivity index (χ0v) is 47.0. The molecule has 0 spiro atoms. The molecule has 0 aromatic heterocycles. The van der Waals surface area contributed by atoms with Crippen molar-refractivity contribution >= 4 is 13.7 Å². The van der Waals surface area contributed by atoms with Gasteiger partial charge in [0.05, 0.1) is 39.9 Å². The van der Waals surface area contributed by atoms with E-state index in [0.717, 1.165) is 38.5 Å². The maximum Gasteiger partial charge on any atom is 0.472 e. The predicted octanol–water partition coefficient (Wildman–Crippen LogP) is 18.0. The van der Waals surface area contributed by atoms with Crippen molar-refractivity contribution < 1.29 is 32.9 Å². The Labute approximate surface area is 424 Å². The molecule has 0 fully saturated rings. The molecule has 0 aliphatic rings. The van der Waals surface area contributed by atoms with E-state index in [1.165, 1.54) is 238 Å². The quantitative estimate of drug-likeness (QED) is 0.0243. The van der Waals surface area contributed by atoms with Crippen molar-refractivity contribution in [3.05, 3.63) is 24.3 Å². The van der Waals surface area contributed by atoms with Crippen LogP contribution in [-0.4, -0.2) is 73.4 Å². The van der Waals surface area contributed by atoms with Crippen molar-refractivity contribution in [2.24, 2.45) is 0 Å². The lowest BCUT2D eigenvalue weighted by Gasteiger charge is -2.25. The second-order valence-corrected chi connectivity index (χ2v) is 23.2. The van der Waals surface area contributed by atoms with E-state index in [2.05, 4.69) is 31.3 Å². The average molecular weight is 983 g/mol. The highest BCUT2D eigenvalue weighted by Crippen LogP contribution is 2.43. The minimum Gasteiger partial charge on any atom is -0.387 e. The Hall–Kier alpha value is -1.02. The maximum atomic E-state index is 13.0. The molecule has 0 aromatic rings. The van der Waals surface area contributed by atoms with Crippen molar-refractivity contribution in [3.8, 4) is 0 Å². The summed E-state index contributed by atoms with van der Waals surface area (Å²) in [5.41, 5.74) is 0. The van der Waals surface area contributed by atoms with Gasteiger partial charge in [0.25, 0.3) is 0 Å². The molecule has 0 bridgehead atoms. The Balaban J connectivity index is 4.21. The number of quaternary nitrogens is 1. The molecule has 3 unspecified atom stereocenters. The van der Waals surface area contributed by atoms with E-state index in [9.17, 15) is 19.4 Å². The number of aliphatic hydroxyl groups is 1. The largest absolute Gasteiger partial charge is 0.472 e. The fourth-order valence-corrected chi connectivity index (χ4v) is 9.74. The first-order chi connectivity index (χ1) is 33.0. The standard InChI is InChI=1S/C59H117N2O6P/c1-6-8-10-12-14-16-18-20-22-24-26-28-30-32-34-36-38-40-42-44-46-48-50-52-58(62)57(56-67-68(64,65)66-55-54-61(3,4)5)60-59(63)53-51-49-47-45-43-41-39-37-35-33-31-29-27-25-23-21-19-17-15-13-11-9-7-2/h42,44,50,52,57-58,62H,6-41,43,45-49,51,53-56H2,1-5H3,(H-,60,63,64,65)/p+1/b44-42+,52-50+. The minimum atomic E-state index is -4.35. The van der Waals surface area contributed by atoms with Gasteiger partial charge in [-0.1, -0.05) is 282 Å². The number of allylic oxidation sites excluding steroid dienone is 3. The summed E-state index contributed by atoms with van der Waals surface area (Å²) in [6.07, 6.45) is 64.3. The molecule has 0 saturated carbocycles. The molecule has 1 amide bonds. The summed E-state index contributed by atoms with van der Waals surface area (Å²) in [5.74, 6) is -0.180. The van der Waals surface area contributed by atoms with E-state index >= 15 is 0 Å². The molecule has 404 valence electrons. The van der Waals surface area contributed by atoms with Crippen LogP contribution in [0.2, 0.25) is 0 Å². The van der Waals surface area contributed by atoms with Crippen LogP contribution in [0.4, 0.5) is 0 Å². The molecule has 0 aromatic carbocycles. The van der Waals surface area contributed by atoms with E-state index in [1.54, 1.807) is 6.08 Å². The molecule has 0 aliphatic carbocycles. The number of carbonyl (C=O) groups is 1. The number of hydrogen-bond acceptors (Lipinski definition) is 5. The van der Waals surface area contributed by atoms with Gasteiger partial charge in [0, 0.05) is 6.42 Å². The summed E-state index contributed by atoms with van der Waals surface area (Å²) in [6, 6.07) is -0.860. The van der Waals surface area contributed by atoms with Crippen LogP contribution in [0, 0.1) is 0 Å². The second kappa shape index (κ2) is 50.9. The number of phosphoric ester groups is 1. The lowest BCUT2D eigenvalue weighted by atomic mass is 10.0. The molecule has 8 nitrogen and oxygen atoms in total. The minimum absolute atomic E-state index is 0.0589. The van der Waals surface area contributed by atoms with Gasteiger partial charge in [0.2, 0.25) is 5.91 Å². The Morgan fingerprint density at radius 3 is 1.18 bits per heavy atom. The van der Waals surface area contributed by atoms with Crippen molar-refractivity contribution in [2.75, 3.05) is 40.9 Å². The summed E-state index contributed by atoms with van der Waals surface area (Å²) in [7, 11) is 1.57. The van der Waals surface area contributed by atoms with Crippen molar-refractivity contribution in [3.63, 3.8) is 0 Å². The average Bonchev–Trinajstić information content (AvgIpc) is 3.30. The number of likely N-dealkylation sites (N-methyl/N-ethyl adjacent to an activating group) is 1. The molecule has 0 heterocycles. The van der Waals surface area contributed by atoms with Crippen molar-refractivity contribution in [1.82, 2.24) is 5.32 Å². The van der Waals surface area contributed by atoms with Crippen LogP contribution in [0.3, 0.4) is 0 Å². The van der Waals surface area contributed by atoms with E-state index < -0.39 is 20.0 Å². The van der Waals surface area contributed by atoms with Gasteiger partial charge in [0.1, 0.15) is 13.2 Å². The third-order valence-electron chi connectivity index (χ3n) is 13.7. The smallest absolute Gasteiger partial charge is 0.387 e. The van der Waals surface area contributed by atoms with E-state index in [4.69, 9.17) is 9.05 Å². The molecule has 0 aliphatic heterocycles. The van der Waals surface area contributed by atoms with Gasteiger partial charge < -0.3 is 19.8 Å². The third kappa shape index (κ3) is 52.8. The Bertz CT molecular complexity index is 1160. The number of hydrogen-bond donors (Lipinski definition) is 3. The first-order valence-corrected chi connectivity index (χ1v) is 31.2. The lowest BCUT2D eigenvalue weighted by Crippen LogP contribution is -2.45. The summed E-state index contributed by atoms with van der Waals surface area (Å²) >= 11 is 0. The van der Waals surface area contributed by atoms with Crippen LogP contribution in [0.1, 0.15) is 296 Å². The first kappa shape index (κ1) is 67.0. The monoisotopic (exact) mass is 982 g/mol. The fourth-order valence-electron chi connectivity index (χ4n) is 9.00. The van der Waals surface area contributed by atoms with Gasteiger partial charge in [-0.05, 0) is 32.1 Å². The van der Waals surface area contributed by atoms with Crippen molar-refractivity contribution in [1.29, 1.82) is 0 Å². The normalized spacial score (nSPS) is 14.0. The Morgan fingerprint density at radius 2 is 0.809 bits per heavy atom. The summed E-state index contributed by atoms with van der Waals surface area (Å²) in [6.45, 7) is 4.85. The van der Waals surface area contributed by atoms with Gasteiger partial charge in [-0.25, -0.2) is 4.57 Å². The Kier molecular flexibility index (Phi) is 50.1. The number of nitrogens with one attached hydrogen (secondary N) is 1. The second-order valence-electron chi connectivity index (χ2n) is 21.7. The van der Waals surface area contributed by atoms with Gasteiger partial charge in [-0.2, -0.15) is 0 Å². The summed E-state index contributed by atoms with van der Waals surface area (Å²) in [5, 5.41) is 13.9. The molecule has 68 heavy (non-hydrogen) atoms. The molecule has 3 atom stereocenters. The van der Waals surface area contributed by atoms with Crippen LogP contribution in [-0.2, 0) is 18.4 Å². The maximum absolute atomic E-state index is 13.0. The SMILES string of the molecule is CCCCCCCCCCCCCCCCCCC/C=C/CC/C=C/C(O)C(COP(=O)(O)OCC[N+](C)(C)C)NC(=O)CCCCCCCCCCCCCCCCCCCCCCCCC. The van der Waals surface area contributed by atoms with E-state index in [0.29, 0.717) is 17.4 Å². The van der Waals surface area contributed by atoms with E-state index in [-0.39, 0.29) is 19.1 Å². The topological polar surface area (TPSA) is 105 Å². The Morgan fingerprint density at radius 1 is 0.485 bits per heavy atom. The zero-order valence-electron chi connectivity index (χ0n) is 46.1. The predicted molar refractivity (Wildman–Crippen MR) is 295 cm³/mol. The lowest BCUT2D eigenvalue weighted by molar-refractivity contribution is -0.870. The number of aliphatic hydroxyl groups excluding tert-OH is 1. The summed E-state index contributed by atoms with van der Waals surface area (Å²) in [4.78, 5) is 23.3. The number of rotatable bonds is 55. The third-order valence-corrected chi connectivity index (χ3v) is 14.7. The highest BCUT2D eigenvalue weighted by Gasteiger charge is 2.27. The van der Waals surface area contributed by atoms with Gasteiger partial charge in [-0.15, -0.1) is 0 Å². The number of unbranched alkanes of at least 4 members (excludes halogenated alkanes) is 40. The molecule has 9 heteroatoms. The zero-order chi connectivity index (χ0) is 49.9. The van der Waals surface area contributed by atoms with Gasteiger partial charge in [-0.3, -0.25) is 13.8 Å². The van der Waals surface area contributed by atoms with Crippen LogP contribution < -0.4 is 5.32 Å². The number of phosphoric acid groups is 1. The molecular weight excluding hydrogens is 864 g/mol. The van der Waals surface area contributed by atoms with E-state index in [1.807, 2.05) is 27.2 Å². The highest BCUT2D eigenvalue weighted by atomic mass is 31.2. The molecule has 0 radical (unpaired) electrons.